The zero-order chi connectivity index (χ0) is 15.5. The van der Waals surface area contributed by atoms with E-state index in [0.717, 1.165) is 18.4 Å². The van der Waals surface area contributed by atoms with Gasteiger partial charge in [0.15, 0.2) is 0 Å². The van der Waals surface area contributed by atoms with Gasteiger partial charge < -0.3 is 11.1 Å². The number of rotatable bonds is 7. The normalized spacial score (nSPS) is 17.3. The quantitative estimate of drug-likeness (QED) is 0.794. The van der Waals surface area contributed by atoms with Crippen LogP contribution in [0.5, 0.6) is 0 Å². The second-order valence-corrected chi connectivity index (χ2v) is 7.50. The number of nitrogens with two attached hydrogens (primary N) is 1. The molecular formula is C15H20Cl2N2OS. The molecule has 2 rings (SSSR count). The molecule has 3 N–H and O–H groups in total. The van der Waals surface area contributed by atoms with Gasteiger partial charge >= 0.3 is 0 Å². The van der Waals surface area contributed by atoms with Crippen LogP contribution in [0.1, 0.15) is 25.3 Å². The first-order chi connectivity index (χ1) is 9.94. The molecule has 0 spiro atoms. The lowest BCUT2D eigenvalue weighted by Crippen LogP contribution is -2.53. The molecule has 1 aromatic carbocycles. The molecule has 1 atom stereocenters. The van der Waals surface area contributed by atoms with E-state index in [2.05, 4.69) is 5.32 Å². The molecule has 3 nitrogen and oxygen atoms in total. The molecule has 0 heterocycles. The molecule has 6 heteroatoms. The summed E-state index contributed by atoms with van der Waals surface area (Å²) in [5.41, 5.74) is 6.53. The van der Waals surface area contributed by atoms with Crippen molar-refractivity contribution in [3.05, 3.63) is 33.8 Å². The zero-order valence-corrected chi connectivity index (χ0v) is 14.3. The van der Waals surface area contributed by atoms with E-state index in [1.807, 2.05) is 19.1 Å². The SMILES string of the molecule is CC(CN)(NC(=O)CSCc1ccc(Cl)cc1Cl)C1CC1. The highest BCUT2D eigenvalue weighted by molar-refractivity contribution is 7.99. The van der Waals surface area contributed by atoms with E-state index in [0.29, 0.717) is 34.0 Å². The van der Waals surface area contributed by atoms with Crippen LogP contribution in [0.2, 0.25) is 10.0 Å². The van der Waals surface area contributed by atoms with Crippen LogP contribution in [0.25, 0.3) is 0 Å². The van der Waals surface area contributed by atoms with Crippen LogP contribution in [-0.4, -0.2) is 23.7 Å². The van der Waals surface area contributed by atoms with E-state index in [1.165, 1.54) is 11.8 Å². The van der Waals surface area contributed by atoms with E-state index in [9.17, 15) is 4.79 Å². The number of carbonyl (C=O) groups is 1. The average Bonchev–Trinajstić information content (AvgIpc) is 3.26. The number of carbonyl (C=O) groups excluding carboxylic acids is 1. The van der Waals surface area contributed by atoms with Gasteiger partial charge in [-0.15, -0.1) is 11.8 Å². The van der Waals surface area contributed by atoms with Crippen LogP contribution in [0.15, 0.2) is 18.2 Å². The number of hydrogen-bond acceptors (Lipinski definition) is 3. The Labute approximate surface area is 139 Å². The smallest absolute Gasteiger partial charge is 0.230 e. The second kappa shape index (κ2) is 7.23. The minimum Gasteiger partial charge on any atom is -0.349 e. The van der Waals surface area contributed by atoms with Crippen molar-refractivity contribution in [2.75, 3.05) is 12.3 Å². The number of halogens is 2. The molecule has 1 aromatic rings. The number of benzene rings is 1. The maximum absolute atomic E-state index is 12.0. The van der Waals surface area contributed by atoms with Gasteiger partial charge in [0.05, 0.1) is 11.3 Å². The fourth-order valence-electron chi connectivity index (χ4n) is 2.29. The highest BCUT2D eigenvalue weighted by Gasteiger charge is 2.41. The van der Waals surface area contributed by atoms with Gasteiger partial charge in [-0.3, -0.25) is 4.79 Å². The summed E-state index contributed by atoms with van der Waals surface area (Å²) in [5.74, 6) is 1.65. The fraction of sp³-hybridized carbons (Fsp3) is 0.533. The topological polar surface area (TPSA) is 55.1 Å². The second-order valence-electron chi connectivity index (χ2n) is 5.67. The Bertz CT molecular complexity index is 522. The molecule has 1 fully saturated rings. The Hall–Kier alpha value is -0.420. The zero-order valence-electron chi connectivity index (χ0n) is 12.0. The lowest BCUT2D eigenvalue weighted by atomic mass is 9.96. The van der Waals surface area contributed by atoms with Crippen molar-refractivity contribution < 1.29 is 4.79 Å². The van der Waals surface area contributed by atoms with Crippen molar-refractivity contribution in [1.82, 2.24) is 5.32 Å². The van der Waals surface area contributed by atoms with Crippen molar-refractivity contribution >= 4 is 40.9 Å². The van der Waals surface area contributed by atoms with Crippen LogP contribution in [-0.2, 0) is 10.5 Å². The predicted molar refractivity (Wildman–Crippen MR) is 91.0 cm³/mol. The van der Waals surface area contributed by atoms with E-state index < -0.39 is 0 Å². The van der Waals surface area contributed by atoms with Gasteiger partial charge in [-0.05, 0) is 43.4 Å². The van der Waals surface area contributed by atoms with Crippen LogP contribution in [0, 0.1) is 5.92 Å². The van der Waals surface area contributed by atoms with Crippen LogP contribution < -0.4 is 11.1 Å². The third-order valence-corrected chi connectivity index (χ3v) is 5.40. The van der Waals surface area contributed by atoms with Gasteiger partial charge in [0, 0.05) is 22.3 Å². The van der Waals surface area contributed by atoms with Crippen molar-refractivity contribution in [3.63, 3.8) is 0 Å². The van der Waals surface area contributed by atoms with Crippen molar-refractivity contribution in [3.8, 4) is 0 Å². The lowest BCUT2D eigenvalue weighted by molar-refractivity contribution is -0.120. The Kier molecular flexibility index (Phi) is 5.83. The minimum absolute atomic E-state index is 0.0323. The van der Waals surface area contributed by atoms with Gasteiger partial charge in [-0.1, -0.05) is 29.3 Å². The van der Waals surface area contributed by atoms with Crippen molar-refractivity contribution in [2.24, 2.45) is 11.7 Å². The summed E-state index contributed by atoms with van der Waals surface area (Å²) < 4.78 is 0. The molecular weight excluding hydrogens is 327 g/mol. The van der Waals surface area contributed by atoms with Gasteiger partial charge in [0.25, 0.3) is 0 Å². The maximum Gasteiger partial charge on any atom is 0.230 e. The van der Waals surface area contributed by atoms with Crippen LogP contribution >= 0.6 is 35.0 Å². The molecule has 0 aromatic heterocycles. The first-order valence-electron chi connectivity index (χ1n) is 6.97. The third-order valence-electron chi connectivity index (χ3n) is 3.83. The largest absolute Gasteiger partial charge is 0.349 e. The third kappa shape index (κ3) is 4.78. The Morgan fingerprint density at radius 3 is 2.76 bits per heavy atom. The summed E-state index contributed by atoms with van der Waals surface area (Å²) in [5, 5.41) is 4.34. The van der Waals surface area contributed by atoms with Crippen LogP contribution in [0.4, 0.5) is 0 Å². The standard InChI is InChI=1S/C15H20Cl2N2OS/c1-15(9-18,11-3-4-11)19-14(20)8-21-7-10-2-5-12(16)6-13(10)17/h2,5-6,11H,3-4,7-9,18H2,1H3,(H,19,20). The van der Waals surface area contributed by atoms with Gasteiger partial charge in [-0.25, -0.2) is 0 Å². The number of thioether (sulfide) groups is 1. The summed E-state index contributed by atoms with van der Waals surface area (Å²) in [6.07, 6.45) is 2.31. The molecule has 0 radical (unpaired) electrons. The predicted octanol–water partition coefficient (Wildman–Crippen LogP) is 3.47. The molecule has 0 aliphatic heterocycles. The molecule has 1 aliphatic carbocycles. The Morgan fingerprint density at radius 1 is 1.48 bits per heavy atom. The summed E-state index contributed by atoms with van der Waals surface area (Å²) in [4.78, 5) is 12.0. The fourth-order valence-corrected chi connectivity index (χ4v) is 3.67. The van der Waals surface area contributed by atoms with E-state index in [-0.39, 0.29) is 11.4 Å². The summed E-state index contributed by atoms with van der Waals surface area (Å²) in [7, 11) is 0. The van der Waals surface area contributed by atoms with Crippen molar-refractivity contribution in [2.45, 2.75) is 31.1 Å². The maximum atomic E-state index is 12.0. The highest BCUT2D eigenvalue weighted by Crippen LogP contribution is 2.39. The molecule has 116 valence electrons. The number of nitrogens with one attached hydrogen (secondary N) is 1. The Balaban J connectivity index is 1.79. The molecule has 1 aliphatic rings. The number of amides is 1. The van der Waals surface area contributed by atoms with E-state index >= 15 is 0 Å². The first kappa shape index (κ1) is 16.9. The number of hydrogen-bond donors (Lipinski definition) is 2. The summed E-state index contributed by atoms with van der Waals surface area (Å²) in [6, 6.07) is 5.42. The van der Waals surface area contributed by atoms with Gasteiger partial charge in [0.1, 0.15) is 0 Å². The molecule has 1 saturated carbocycles. The molecule has 0 saturated heterocycles. The van der Waals surface area contributed by atoms with E-state index in [1.54, 1.807) is 6.07 Å². The molecule has 21 heavy (non-hydrogen) atoms. The summed E-state index contributed by atoms with van der Waals surface area (Å²) >= 11 is 13.5. The monoisotopic (exact) mass is 346 g/mol. The molecule has 1 amide bonds. The molecule has 0 bridgehead atoms. The van der Waals surface area contributed by atoms with Crippen LogP contribution in [0.3, 0.4) is 0 Å². The lowest BCUT2D eigenvalue weighted by Gasteiger charge is -2.29. The molecule has 1 unspecified atom stereocenters. The minimum atomic E-state index is -0.254. The highest BCUT2D eigenvalue weighted by atomic mass is 35.5. The van der Waals surface area contributed by atoms with E-state index in [4.69, 9.17) is 28.9 Å². The average molecular weight is 347 g/mol. The van der Waals surface area contributed by atoms with Gasteiger partial charge in [0.2, 0.25) is 5.91 Å². The van der Waals surface area contributed by atoms with Gasteiger partial charge in [-0.2, -0.15) is 0 Å². The first-order valence-corrected chi connectivity index (χ1v) is 8.88. The summed E-state index contributed by atoms with van der Waals surface area (Å²) in [6.45, 7) is 2.51. The Morgan fingerprint density at radius 2 is 2.19 bits per heavy atom. The van der Waals surface area contributed by atoms with Crippen molar-refractivity contribution in [1.29, 1.82) is 0 Å².